The van der Waals surface area contributed by atoms with Crippen LogP contribution in [0.25, 0.3) is 0 Å². The van der Waals surface area contributed by atoms with Crippen molar-refractivity contribution in [1.29, 1.82) is 0 Å². The van der Waals surface area contributed by atoms with E-state index >= 15 is 0 Å². The van der Waals surface area contributed by atoms with E-state index in [9.17, 15) is 9.18 Å². The second-order valence-corrected chi connectivity index (χ2v) is 4.06. The monoisotopic (exact) mass is 293 g/mol. The summed E-state index contributed by atoms with van der Waals surface area (Å²) < 4.78 is 13.1. The zero-order valence-electron chi connectivity index (χ0n) is 8.06. The van der Waals surface area contributed by atoms with Gasteiger partial charge < -0.3 is 5.32 Å². The lowest BCUT2D eigenvalue weighted by Crippen LogP contribution is -2.27. The van der Waals surface area contributed by atoms with Gasteiger partial charge in [0.1, 0.15) is 5.82 Å². The van der Waals surface area contributed by atoms with E-state index in [1.54, 1.807) is 13.0 Å². The Morgan fingerprint density at radius 2 is 2.33 bits per heavy atom. The van der Waals surface area contributed by atoms with Gasteiger partial charge in [-0.25, -0.2) is 4.39 Å². The number of carbonyl (C=O) groups excluding carboxylic acids is 1. The minimum Gasteiger partial charge on any atom is -0.349 e. The lowest BCUT2D eigenvalue weighted by molar-refractivity contribution is -0.119. The number of alkyl halides is 1. The van der Waals surface area contributed by atoms with Crippen LogP contribution in [0.2, 0.25) is 5.02 Å². The molecule has 2 nitrogen and oxygen atoms in total. The molecule has 0 radical (unpaired) electrons. The van der Waals surface area contributed by atoms with Crippen LogP contribution >= 0.6 is 27.5 Å². The maximum absolute atomic E-state index is 13.1. The summed E-state index contributed by atoms with van der Waals surface area (Å²) in [7, 11) is 0. The Kier molecular flexibility index (Phi) is 4.54. The summed E-state index contributed by atoms with van der Waals surface area (Å²) >= 11 is 8.58. The number of benzene rings is 1. The number of amides is 1. The molecule has 0 aliphatic rings. The van der Waals surface area contributed by atoms with Gasteiger partial charge >= 0.3 is 0 Å². The van der Waals surface area contributed by atoms with E-state index in [-0.39, 0.29) is 22.3 Å². The fourth-order valence-corrected chi connectivity index (χ4v) is 1.42. The average Bonchev–Trinajstić information content (AvgIpc) is 2.21. The number of hydrogen-bond donors (Lipinski definition) is 1. The third-order valence-electron chi connectivity index (χ3n) is 1.94. The van der Waals surface area contributed by atoms with Gasteiger partial charge in [0.25, 0.3) is 0 Å². The summed E-state index contributed by atoms with van der Waals surface area (Å²) in [6.45, 7) is 1.78. The number of hydrogen-bond acceptors (Lipinski definition) is 1. The molecule has 0 saturated heterocycles. The summed E-state index contributed by atoms with van der Waals surface area (Å²) in [5.74, 6) is -0.619. The highest BCUT2D eigenvalue weighted by molar-refractivity contribution is 9.09. The number of halogens is 3. The van der Waals surface area contributed by atoms with Crippen LogP contribution in [-0.2, 0) is 4.79 Å². The lowest BCUT2D eigenvalue weighted by atomic mass is 10.1. The largest absolute Gasteiger partial charge is 0.349 e. The van der Waals surface area contributed by atoms with Crippen molar-refractivity contribution in [3.8, 4) is 0 Å². The second kappa shape index (κ2) is 5.47. The fraction of sp³-hybridized carbons (Fsp3) is 0.300. The third kappa shape index (κ3) is 3.47. The van der Waals surface area contributed by atoms with Gasteiger partial charge in [0.05, 0.1) is 16.4 Å². The van der Waals surface area contributed by atoms with E-state index < -0.39 is 5.82 Å². The Bertz CT molecular complexity index is 372. The Morgan fingerprint density at radius 1 is 1.67 bits per heavy atom. The van der Waals surface area contributed by atoms with E-state index in [1.807, 2.05) is 0 Å². The molecule has 82 valence electrons. The van der Waals surface area contributed by atoms with Crippen molar-refractivity contribution in [2.24, 2.45) is 0 Å². The van der Waals surface area contributed by atoms with Crippen molar-refractivity contribution in [2.45, 2.75) is 13.0 Å². The summed E-state index contributed by atoms with van der Waals surface area (Å²) in [5, 5.41) is 3.01. The van der Waals surface area contributed by atoms with E-state index in [4.69, 9.17) is 11.6 Å². The van der Waals surface area contributed by atoms with E-state index in [0.29, 0.717) is 5.56 Å². The molecule has 0 bridgehead atoms. The highest BCUT2D eigenvalue weighted by atomic mass is 79.9. The maximum Gasteiger partial charge on any atom is 0.231 e. The summed E-state index contributed by atoms with van der Waals surface area (Å²) in [5.41, 5.74) is 0.686. The molecule has 0 aromatic heterocycles. The summed E-state index contributed by atoms with van der Waals surface area (Å²) in [4.78, 5) is 11.1. The van der Waals surface area contributed by atoms with Gasteiger partial charge in [-0.2, -0.15) is 0 Å². The molecule has 1 aromatic carbocycles. The van der Waals surface area contributed by atoms with Gasteiger partial charge in [0.2, 0.25) is 5.91 Å². The SMILES string of the molecule is C[C@H](NC(=O)CBr)c1ccc(Cl)c(F)c1. The van der Waals surface area contributed by atoms with Crippen LogP contribution in [0.15, 0.2) is 18.2 Å². The first-order valence-corrected chi connectivity index (χ1v) is 5.85. The van der Waals surface area contributed by atoms with Gasteiger partial charge in [-0.05, 0) is 24.6 Å². The third-order valence-corrected chi connectivity index (χ3v) is 2.76. The zero-order valence-corrected chi connectivity index (χ0v) is 10.4. The van der Waals surface area contributed by atoms with E-state index in [0.717, 1.165) is 0 Å². The van der Waals surface area contributed by atoms with Crippen molar-refractivity contribution in [2.75, 3.05) is 5.33 Å². The molecule has 0 fully saturated rings. The summed E-state index contributed by atoms with van der Waals surface area (Å²) in [6.07, 6.45) is 0. The molecule has 1 N–H and O–H groups in total. The van der Waals surface area contributed by atoms with Crippen LogP contribution in [0.4, 0.5) is 4.39 Å². The molecular weight excluding hydrogens is 284 g/mol. The summed E-state index contributed by atoms with van der Waals surface area (Å²) in [6, 6.07) is 4.25. The van der Waals surface area contributed by atoms with Gasteiger partial charge in [0, 0.05) is 0 Å². The molecule has 0 aliphatic heterocycles. The first-order chi connectivity index (χ1) is 7.04. The van der Waals surface area contributed by atoms with Gasteiger partial charge in [-0.3, -0.25) is 4.79 Å². The maximum atomic E-state index is 13.1. The molecule has 0 spiro atoms. The minimum atomic E-state index is -0.478. The van der Waals surface area contributed by atoms with Crippen LogP contribution in [0.5, 0.6) is 0 Å². The standard InChI is InChI=1S/C10H10BrClFNO/c1-6(14-10(15)5-11)7-2-3-8(12)9(13)4-7/h2-4,6H,5H2,1H3,(H,14,15)/t6-/m0/s1. The van der Waals surface area contributed by atoms with Crippen LogP contribution in [0.3, 0.4) is 0 Å². The topological polar surface area (TPSA) is 29.1 Å². The molecule has 1 aromatic rings. The fourth-order valence-electron chi connectivity index (χ4n) is 1.15. The van der Waals surface area contributed by atoms with Crippen molar-refractivity contribution < 1.29 is 9.18 Å². The van der Waals surface area contributed by atoms with Crippen molar-refractivity contribution in [3.63, 3.8) is 0 Å². The normalized spacial score (nSPS) is 12.3. The molecule has 0 aliphatic carbocycles. The smallest absolute Gasteiger partial charge is 0.231 e. The van der Waals surface area contributed by atoms with Crippen LogP contribution in [0, 0.1) is 5.82 Å². The first kappa shape index (κ1) is 12.5. The van der Waals surface area contributed by atoms with Gasteiger partial charge in [-0.1, -0.05) is 33.6 Å². The number of nitrogens with one attached hydrogen (secondary N) is 1. The Labute approximate surface area is 101 Å². The quantitative estimate of drug-likeness (QED) is 0.853. The van der Waals surface area contributed by atoms with Gasteiger partial charge in [0.15, 0.2) is 0 Å². The van der Waals surface area contributed by atoms with Crippen LogP contribution < -0.4 is 5.32 Å². The van der Waals surface area contributed by atoms with Crippen molar-refractivity contribution >= 4 is 33.4 Å². The molecule has 1 atom stereocenters. The average molecular weight is 295 g/mol. The first-order valence-electron chi connectivity index (χ1n) is 4.35. The molecular formula is C10H10BrClFNO. The molecule has 1 rings (SSSR count). The van der Waals surface area contributed by atoms with Crippen molar-refractivity contribution in [1.82, 2.24) is 5.32 Å². The number of rotatable bonds is 3. The molecule has 0 heterocycles. The molecule has 0 saturated carbocycles. The minimum absolute atomic E-state index is 0.0813. The van der Waals surface area contributed by atoms with Crippen molar-refractivity contribution in [3.05, 3.63) is 34.6 Å². The highest BCUT2D eigenvalue weighted by Gasteiger charge is 2.10. The molecule has 5 heteroatoms. The predicted molar refractivity (Wildman–Crippen MR) is 61.8 cm³/mol. The lowest BCUT2D eigenvalue weighted by Gasteiger charge is -2.13. The Balaban J connectivity index is 2.78. The molecule has 1 amide bonds. The van der Waals surface area contributed by atoms with Crippen LogP contribution in [-0.4, -0.2) is 11.2 Å². The zero-order chi connectivity index (χ0) is 11.4. The molecule has 15 heavy (non-hydrogen) atoms. The Hall–Kier alpha value is -0.610. The predicted octanol–water partition coefficient (Wildman–Crippen LogP) is 3.05. The highest BCUT2D eigenvalue weighted by Crippen LogP contribution is 2.19. The second-order valence-electron chi connectivity index (χ2n) is 3.10. The van der Waals surface area contributed by atoms with Gasteiger partial charge in [-0.15, -0.1) is 0 Å². The molecule has 0 unspecified atom stereocenters. The van der Waals surface area contributed by atoms with E-state index in [1.165, 1.54) is 12.1 Å². The van der Waals surface area contributed by atoms with Crippen LogP contribution in [0.1, 0.15) is 18.5 Å². The number of carbonyl (C=O) groups is 1. The van der Waals surface area contributed by atoms with E-state index in [2.05, 4.69) is 21.2 Å². The Morgan fingerprint density at radius 3 is 2.87 bits per heavy atom.